The summed E-state index contributed by atoms with van der Waals surface area (Å²) in [5.41, 5.74) is 5.06. The summed E-state index contributed by atoms with van der Waals surface area (Å²) < 4.78 is 46.0. The molecule has 0 radical (unpaired) electrons. The largest absolute Gasteiger partial charge is 0.471 e. The zero-order valence-electron chi connectivity index (χ0n) is 19.9. The second-order valence-electron chi connectivity index (χ2n) is 7.85. The van der Waals surface area contributed by atoms with Crippen molar-refractivity contribution in [1.82, 2.24) is 9.13 Å². The van der Waals surface area contributed by atoms with Crippen molar-refractivity contribution < 1.29 is 27.5 Å². The van der Waals surface area contributed by atoms with Gasteiger partial charge >= 0.3 is 17.8 Å². The Morgan fingerprint density at radius 2 is 1.80 bits per heavy atom. The number of halogens is 3. The Bertz CT molecular complexity index is 1220. The van der Waals surface area contributed by atoms with Gasteiger partial charge in [-0.05, 0) is 43.5 Å². The van der Waals surface area contributed by atoms with E-state index in [2.05, 4.69) is 5.32 Å². The number of aromatic nitrogens is 2. The van der Waals surface area contributed by atoms with Gasteiger partial charge < -0.3 is 15.8 Å². The van der Waals surface area contributed by atoms with Gasteiger partial charge in [0.2, 0.25) is 5.91 Å². The van der Waals surface area contributed by atoms with Crippen molar-refractivity contribution in [3.63, 3.8) is 0 Å². The molecule has 0 aliphatic rings. The summed E-state index contributed by atoms with van der Waals surface area (Å²) in [6.07, 6.45) is -4.99. The Kier molecular flexibility index (Phi) is 8.85. The van der Waals surface area contributed by atoms with E-state index < -0.39 is 53.8 Å². The number of benzene rings is 1. The van der Waals surface area contributed by atoms with E-state index in [4.69, 9.17) is 10.5 Å². The van der Waals surface area contributed by atoms with E-state index in [0.29, 0.717) is 16.7 Å². The van der Waals surface area contributed by atoms with E-state index in [9.17, 15) is 32.3 Å². The van der Waals surface area contributed by atoms with Crippen LogP contribution in [0.4, 0.5) is 30.4 Å². The highest BCUT2D eigenvalue weighted by atomic mass is 19.4. The van der Waals surface area contributed by atoms with Crippen LogP contribution in [0.15, 0.2) is 27.8 Å². The van der Waals surface area contributed by atoms with E-state index in [1.165, 1.54) is 7.11 Å². The summed E-state index contributed by atoms with van der Waals surface area (Å²) >= 11 is 0. The molecule has 0 atom stereocenters. The predicted molar refractivity (Wildman–Crippen MR) is 124 cm³/mol. The van der Waals surface area contributed by atoms with Gasteiger partial charge in [-0.2, -0.15) is 13.2 Å². The number of methoxy groups -OCH3 is 1. The molecule has 0 bridgehead atoms. The van der Waals surface area contributed by atoms with Crippen molar-refractivity contribution in [2.45, 2.75) is 46.5 Å². The van der Waals surface area contributed by atoms with Crippen molar-refractivity contribution in [2.24, 2.45) is 0 Å². The van der Waals surface area contributed by atoms with Gasteiger partial charge in [0.1, 0.15) is 12.4 Å². The standard InChI is InChI=1S/C22H28F3N5O5/c1-5-8-29-18(26)17(28(9-10-35-4)20(33)22(23,24)25)19(32)30(21(29)34)12-16(31)27-15-7-6-13(2)14(3)11-15/h6-7,11H,5,8-10,12,26H2,1-4H3,(H,27,31). The second kappa shape index (κ2) is 11.2. The first-order valence-electron chi connectivity index (χ1n) is 10.7. The highest BCUT2D eigenvalue weighted by molar-refractivity contribution is 5.99. The number of nitrogens with two attached hydrogens (primary N) is 1. The number of anilines is 3. The van der Waals surface area contributed by atoms with Gasteiger partial charge in [-0.15, -0.1) is 0 Å². The van der Waals surface area contributed by atoms with Crippen LogP contribution in [-0.4, -0.2) is 47.4 Å². The molecular formula is C22H28F3N5O5. The Morgan fingerprint density at radius 1 is 1.14 bits per heavy atom. The van der Waals surface area contributed by atoms with Gasteiger partial charge in [0, 0.05) is 25.9 Å². The van der Waals surface area contributed by atoms with Crippen LogP contribution in [-0.2, 0) is 27.4 Å². The third-order valence-electron chi connectivity index (χ3n) is 5.26. The average molecular weight is 499 g/mol. The van der Waals surface area contributed by atoms with Gasteiger partial charge in [-0.3, -0.25) is 23.9 Å². The molecule has 1 aromatic heterocycles. The minimum atomic E-state index is -5.33. The fourth-order valence-corrected chi connectivity index (χ4v) is 3.35. The number of carbonyl (C=O) groups excluding carboxylic acids is 2. The van der Waals surface area contributed by atoms with Crippen molar-refractivity contribution in [3.05, 3.63) is 50.2 Å². The highest BCUT2D eigenvalue weighted by Gasteiger charge is 2.44. The quantitative estimate of drug-likeness (QED) is 0.542. The van der Waals surface area contributed by atoms with Crippen LogP contribution in [0.25, 0.3) is 0 Å². The average Bonchev–Trinajstić information content (AvgIpc) is 2.78. The summed E-state index contributed by atoms with van der Waals surface area (Å²) in [5, 5.41) is 2.55. The SMILES string of the molecule is CCCn1c(N)c(N(CCOC)C(=O)C(F)(F)F)c(=O)n(CC(=O)Nc2ccc(C)c(C)c2)c1=O. The number of ether oxygens (including phenoxy) is 1. The number of amides is 2. The number of aryl methyl sites for hydroxylation is 2. The minimum absolute atomic E-state index is 0.0605. The highest BCUT2D eigenvalue weighted by Crippen LogP contribution is 2.25. The number of nitrogen functional groups attached to an aromatic ring is 1. The number of nitrogens with zero attached hydrogens (tertiary/aromatic N) is 3. The maximum atomic E-state index is 13.3. The molecule has 192 valence electrons. The molecule has 1 aromatic carbocycles. The Hall–Kier alpha value is -3.61. The molecule has 2 amide bonds. The van der Waals surface area contributed by atoms with Crippen LogP contribution in [0.2, 0.25) is 0 Å². The summed E-state index contributed by atoms with van der Waals surface area (Å²) in [7, 11) is 1.20. The van der Waals surface area contributed by atoms with E-state index in [0.717, 1.165) is 15.7 Å². The molecule has 35 heavy (non-hydrogen) atoms. The van der Waals surface area contributed by atoms with Crippen molar-refractivity contribution >= 4 is 29.0 Å². The molecule has 0 saturated carbocycles. The summed E-state index contributed by atoms with van der Waals surface area (Å²) in [4.78, 5) is 51.1. The third kappa shape index (κ3) is 6.29. The Labute approximate surface area is 199 Å². The Balaban J connectivity index is 2.62. The lowest BCUT2D eigenvalue weighted by atomic mass is 10.1. The normalized spacial score (nSPS) is 11.4. The number of hydrogen-bond donors (Lipinski definition) is 2. The molecule has 13 heteroatoms. The maximum Gasteiger partial charge on any atom is 0.471 e. The lowest BCUT2D eigenvalue weighted by Gasteiger charge is -2.26. The van der Waals surface area contributed by atoms with Crippen LogP contribution < -0.4 is 27.2 Å². The number of alkyl halides is 3. The number of carbonyl (C=O) groups is 2. The Morgan fingerprint density at radius 3 is 2.34 bits per heavy atom. The minimum Gasteiger partial charge on any atom is -0.383 e. The van der Waals surface area contributed by atoms with E-state index in [-0.39, 0.29) is 18.1 Å². The molecule has 2 rings (SSSR count). The van der Waals surface area contributed by atoms with E-state index in [1.807, 2.05) is 13.8 Å². The van der Waals surface area contributed by atoms with Crippen molar-refractivity contribution in [1.29, 1.82) is 0 Å². The number of rotatable bonds is 9. The molecular weight excluding hydrogens is 471 g/mol. The van der Waals surface area contributed by atoms with Gasteiger partial charge in [-0.1, -0.05) is 13.0 Å². The van der Waals surface area contributed by atoms with Crippen LogP contribution in [0, 0.1) is 13.8 Å². The molecule has 0 spiro atoms. The van der Waals surface area contributed by atoms with Crippen molar-refractivity contribution in [3.8, 4) is 0 Å². The second-order valence-corrected chi connectivity index (χ2v) is 7.85. The molecule has 3 N–H and O–H groups in total. The van der Waals surface area contributed by atoms with E-state index in [1.54, 1.807) is 25.1 Å². The van der Waals surface area contributed by atoms with E-state index >= 15 is 0 Å². The lowest BCUT2D eigenvalue weighted by Crippen LogP contribution is -2.50. The summed E-state index contributed by atoms with van der Waals surface area (Å²) in [5.74, 6) is -3.73. The van der Waals surface area contributed by atoms with Gasteiger partial charge in [0.05, 0.1) is 6.61 Å². The molecule has 0 saturated heterocycles. The number of hydrogen-bond acceptors (Lipinski definition) is 6. The monoisotopic (exact) mass is 499 g/mol. The van der Waals surface area contributed by atoms with Crippen LogP contribution >= 0.6 is 0 Å². The molecule has 10 nitrogen and oxygen atoms in total. The first kappa shape index (κ1) is 27.6. The summed E-state index contributed by atoms with van der Waals surface area (Å²) in [6.45, 7) is 3.52. The van der Waals surface area contributed by atoms with Crippen LogP contribution in [0.1, 0.15) is 24.5 Å². The first-order valence-corrected chi connectivity index (χ1v) is 10.7. The molecule has 0 aliphatic heterocycles. The molecule has 1 heterocycles. The zero-order chi connectivity index (χ0) is 26.5. The van der Waals surface area contributed by atoms with Crippen LogP contribution in [0.5, 0.6) is 0 Å². The molecule has 2 aromatic rings. The fourth-order valence-electron chi connectivity index (χ4n) is 3.35. The lowest BCUT2D eigenvalue weighted by molar-refractivity contribution is -0.170. The third-order valence-corrected chi connectivity index (χ3v) is 5.26. The maximum absolute atomic E-state index is 13.3. The molecule has 0 aliphatic carbocycles. The smallest absolute Gasteiger partial charge is 0.383 e. The van der Waals surface area contributed by atoms with Crippen LogP contribution in [0.3, 0.4) is 0 Å². The first-order chi connectivity index (χ1) is 16.3. The topological polar surface area (TPSA) is 129 Å². The molecule has 0 fully saturated rings. The van der Waals surface area contributed by atoms with Gasteiger partial charge in [0.25, 0.3) is 5.56 Å². The predicted octanol–water partition coefficient (Wildman–Crippen LogP) is 1.80. The van der Waals surface area contributed by atoms with Gasteiger partial charge in [-0.25, -0.2) is 9.36 Å². The van der Waals surface area contributed by atoms with Gasteiger partial charge in [0.15, 0.2) is 5.69 Å². The fraction of sp³-hybridized carbons (Fsp3) is 0.455. The number of nitrogens with one attached hydrogen (secondary N) is 1. The molecule has 0 unspecified atom stereocenters. The summed E-state index contributed by atoms with van der Waals surface area (Å²) in [6, 6.07) is 5.08. The zero-order valence-corrected chi connectivity index (χ0v) is 19.9. The van der Waals surface area contributed by atoms with Crippen molar-refractivity contribution in [2.75, 3.05) is 36.2 Å².